The number of aromatic nitrogens is 2. The Morgan fingerprint density at radius 2 is 1.45 bits per heavy atom. The molecule has 0 spiro atoms. The first-order chi connectivity index (χ1) is 30.8. The molecule has 7 aliphatic rings. The second-order valence-electron chi connectivity index (χ2n) is 18.2. The molecule has 0 aliphatic carbocycles. The SMILES string of the molecule is CC(=O)N1CCc2c(c(N3CCCc4cc(C(=O)N5CCCCC5)c(C(F)F)cc43)nn2C2CCN(CC(=O)N3Cc4cc5c(cc4C3)C(=O)N(C3CCC(=O)NC3=O)C5=O)CC2)C1. The summed E-state index contributed by atoms with van der Waals surface area (Å²) in [5.41, 5.74) is 5.12. The van der Waals surface area contributed by atoms with Crippen LogP contribution in [-0.4, -0.2) is 127 Å². The van der Waals surface area contributed by atoms with E-state index in [1.54, 1.807) is 39.8 Å². The summed E-state index contributed by atoms with van der Waals surface area (Å²) in [4.78, 5) is 101. The van der Waals surface area contributed by atoms with E-state index in [0.717, 1.165) is 58.5 Å². The van der Waals surface area contributed by atoms with Crippen LogP contribution >= 0.6 is 0 Å². The largest absolute Gasteiger partial charge is 0.339 e. The number of amides is 7. The number of carbonyl (C=O) groups excluding carboxylic acids is 7. The van der Waals surface area contributed by atoms with Crippen LogP contribution in [-0.2, 0) is 51.7 Å². The molecule has 8 heterocycles. The minimum absolute atomic E-state index is 0.0106. The van der Waals surface area contributed by atoms with Crippen molar-refractivity contribution in [1.82, 2.24) is 39.6 Å². The molecule has 3 aromatic rings. The highest BCUT2D eigenvalue weighted by Crippen LogP contribution is 2.42. The van der Waals surface area contributed by atoms with Crippen molar-refractivity contribution in [2.45, 2.75) is 109 Å². The number of hydrogen-bond acceptors (Lipinski definition) is 10. The summed E-state index contributed by atoms with van der Waals surface area (Å²) < 4.78 is 31.7. The van der Waals surface area contributed by atoms with E-state index in [9.17, 15) is 42.3 Å². The summed E-state index contributed by atoms with van der Waals surface area (Å²) in [6.07, 6.45) is 3.43. The number of alkyl halides is 2. The first-order valence-corrected chi connectivity index (χ1v) is 22.6. The zero-order chi connectivity index (χ0) is 44.6. The standard InChI is InChI=1S/C46H51F2N9O7/c1-26(58)53-17-11-36-35(24-53)42(55-14-5-6-27-18-32(31(41(47)48)21-38(27)55)44(62)52-12-3-2-4-13-52)50-57(36)30-9-15-51(16-10-30)25-40(60)54-22-28-19-33-34(20-29(28)23-54)46(64)56(45(33)63)37-7-8-39(59)49-43(37)61/h18-21,30,37,41H,2-17,22-25H2,1H3,(H,49,59,61). The molecule has 2 aromatic carbocycles. The zero-order valence-electron chi connectivity index (χ0n) is 35.9. The second kappa shape index (κ2) is 16.5. The van der Waals surface area contributed by atoms with Gasteiger partial charge in [-0.05, 0) is 92.3 Å². The van der Waals surface area contributed by atoms with Crippen molar-refractivity contribution in [3.8, 4) is 0 Å². The Bertz CT molecular complexity index is 2460. The molecule has 0 radical (unpaired) electrons. The van der Waals surface area contributed by atoms with E-state index < -0.39 is 36.1 Å². The number of nitrogens with zero attached hydrogens (tertiary/aromatic N) is 8. The fraction of sp³-hybridized carbons (Fsp3) is 0.522. The van der Waals surface area contributed by atoms with Crippen LogP contribution in [0.4, 0.5) is 20.3 Å². The quantitative estimate of drug-likeness (QED) is 0.343. The Hall–Kier alpha value is -6.04. The van der Waals surface area contributed by atoms with Crippen molar-refractivity contribution in [3.05, 3.63) is 74.5 Å². The molecular formula is C46H51F2N9O7. The van der Waals surface area contributed by atoms with Crippen LogP contribution < -0.4 is 10.2 Å². The van der Waals surface area contributed by atoms with Crippen LogP contribution in [0.2, 0.25) is 0 Å². The highest BCUT2D eigenvalue weighted by Gasteiger charge is 2.46. The summed E-state index contributed by atoms with van der Waals surface area (Å²) >= 11 is 0. The number of likely N-dealkylation sites (tertiary alicyclic amines) is 2. The third-order valence-corrected chi connectivity index (χ3v) is 14.3. The number of hydrogen-bond donors (Lipinski definition) is 1. The predicted octanol–water partition coefficient (Wildman–Crippen LogP) is 4.02. The lowest BCUT2D eigenvalue weighted by molar-refractivity contribution is -0.136. The van der Waals surface area contributed by atoms with Gasteiger partial charge in [0.1, 0.15) is 6.04 Å². The number of benzene rings is 2. The Morgan fingerprint density at radius 3 is 2.11 bits per heavy atom. The Balaban J connectivity index is 0.833. The maximum absolute atomic E-state index is 14.8. The summed E-state index contributed by atoms with van der Waals surface area (Å²) in [6.45, 7) is 6.14. The minimum atomic E-state index is -2.84. The Morgan fingerprint density at radius 1 is 0.750 bits per heavy atom. The van der Waals surface area contributed by atoms with Crippen molar-refractivity contribution in [2.24, 2.45) is 0 Å². The minimum Gasteiger partial charge on any atom is -0.339 e. The molecule has 1 atom stereocenters. The smallest absolute Gasteiger partial charge is 0.264 e. The molecule has 0 saturated carbocycles. The number of piperidine rings is 3. The normalized spacial score (nSPS) is 21.6. The van der Waals surface area contributed by atoms with Crippen molar-refractivity contribution >= 4 is 52.9 Å². The average Bonchev–Trinajstić information content (AvgIpc) is 3.96. The first-order valence-electron chi connectivity index (χ1n) is 22.6. The number of anilines is 2. The monoisotopic (exact) mass is 879 g/mol. The van der Waals surface area contributed by atoms with E-state index in [0.29, 0.717) is 83.0 Å². The van der Waals surface area contributed by atoms with Gasteiger partial charge in [-0.3, -0.25) is 53.4 Å². The van der Waals surface area contributed by atoms with Crippen molar-refractivity contribution in [3.63, 3.8) is 0 Å². The van der Waals surface area contributed by atoms with Gasteiger partial charge in [0, 0.05) is 100 Å². The maximum Gasteiger partial charge on any atom is 0.264 e. The molecule has 1 N–H and O–H groups in total. The van der Waals surface area contributed by atoms with E-state index in [4.69, 9.17) is 5.10 Å². The molecule has 336 valence electrons. The van der Waals surface area contributed by atoms with Crippen molar-refractivity contribution in [2.75, 3.05) is 50.7 Å². The third-order valence-electron chi connectivity index (χ3n) is 14.3. The van der Waals surface area contributed by atoms with E-state index in [-0.39, 0.29) is 78.5 Å². The van der Waals surface area contributed by atoms with Crippen LogP contribution in [0.25, 0.3) is 0 Å². The van der Waals surface area contributed by atoms with E-state index in [1.807, 2.05) is 4.90 Å². The summed E-state index contributed by atoms with van der Waals surface area (Å²) in [6, 6.07) is 5.43. The maximum atomic E-state index is 14.8. The van der Waals surface area contributed by atoms with Gasteiger partial charge >= 0.3 is 0 Å². The first kappa shape index (κ1) is 41.9. The summed E-state index contributed by atoms with van der Waals surface area (Å²) in [7, 11) is 0. The predicted molar refractivity (Wildman–Crippen MR) is 226 cm³/mol. The van der Waals surface area contributed by atoms with Gasteiger partial charge in [-0.1, -0.05) is 0 Å². The van der Waals surface area contributed by atoms with Gasteiger partial charge in [-0.25, -0.2) is 8.78 Å². The van der Waals surface area contributed by atoms with Crippen LogP contribution in [0.5, 0.6) is 0 Å². The highest BCUT2D eigenvalue weighted by atomic mass is 19.3. The molecule has 7 amide bonds. The van der Waals surface area contributed by atoms with Crippen LogP contribution in [0, 0.1) is 0 Å². The van der Waals surface area contributed by atoms with Crippen LogP contribution in [0.1, 0.15) is 135 Å². The number of halogens is 2. The number of aryl methyl sites for hydroxylation is 1. The third kappa shape index (κ3) is 7.32. The van der Waals surface area contributed by atoms with E-state index in [1.165, 1.54) is 6.07 Å². The molecule has 1 unspecified atom stereocenters. The van der Waals surface area contributed by atoms with Gasteiger partial charge in [0.25, 0.3) is 24.1 Å². The summed E-state index contributed by atoms with van der Waals surface area (Å²) in [5, 5.41) is 7.46. The number of carbonyl (C=O) groups is 7. The number of rotatable bonds is 7. The zero-order valence-corrected chi connectivity index (χ0v) is 35.9. The van der Waals surface area contributed by atoms with Gasteiger partial charge in [0.2, 0.25) is 23.6 Å². The lowest BCUT2D eigenvalue weighted by Gasteiger charge is -2.34. The van der Waals surface area contributed by atoms with Crippen molar-refractivity contribution < 1.29 is 42.3 Å². The van der Waals surface area contributed by atoms with Crippen molar-refractivity contribution in [1.29, 1.82) is 0 Å². The lowest BCUT2D eigenvalue weighted by atomic mass is 9.94. The molecule has 1 aromatic heterocycles. The molecule has 7 aliphatic heterocycles. The fourth-order valence-electron chi connectivity index (χ4n) is 10.9. The van der Waals surface area contributed by atoms with Gasteiger partial charge < -0.3 is 19.6 Å². The van der Waals surface area contributed by atoms with Crippen LogP contribution in [0.3, 0.4) is 0 Å². The Kier molecular flexibility index (Phi) is 10.8. The molecule has 10 rings (SSSR count). The van der Waals surface area contributed by atoms with Gasteiger partial charge in [0.15, 0.2) is 5.82 Å². The molecular weight excluding hydrogens is 829 g/mol. The fourth-order valence-corrected chi connectivity index (χ4v) is 10.9. The van der Waals surface area contributed by atoms with Crippen LogP contribution in [0.15, 0.2) is 24.3 Å². The molecule has 64 heavy (non-hydrogen) atoms. The molecule has 18 heteroatoms. The van der Waals surface area contributed by atoms with E-state index in [2.05, 4.69) is 14.9 Å². The second-order valence-corrected chi connectivity index (χ2v) is 18.2. The molecule has 0 bridgehead atoms. The molecule has 3 saturated heterocycles. The van der Waals surface area contributed by atoms with Gasteiger partial charge in [-0.15, -0.1) is 0 Å². The topological polar surface area (TPSA) is 169 Å². The van der Waals surface area contributed by atoms with E-state index >= 15 is 0 Å². The Labute approximate surface area is 368 Å². The highest BCUT2D eigenvalue weighted by molar-refractivity contribution is 6.23. The molecule has 3 fully saturated rings. The lowest BCUT2D eigenvalue weighted by Crippen LogP contribution is -2.54. The number of nitrogens with one attached hydrogen (secondary N) is 1. The number of imide groups is 2. The van der Waals surface area contributed by atoms with Gasteiger partial charge in [-0.2, -0.15) is 5.10 Å². The number of fused-ring (bicyclic) bond motifs is 4. The average molecular weight is 880 g/mol. The summed E-state index contributed by atoms with van der Waals surface area (Å²) in [5.74, 6) is -2.07. The van der Waals surface area contributed by atoms with Gasteiger partial charge in [0.05, 0.1) is 30.3 Å². The molecule has 16 nitrogen and oxygen atoms in total.